The summed E-state index contributed by atoms with van der Waals surface area (Å²) in [7, 11) is -3.54. The third kappa shape index (κ3) is 5.30. The first-order chi connectivity index (χ1) is 11.0. The Kier molecular flexibility index (Phi) is 6.56. The average Bonchev–Trinajstić information content (AvgIpc) is 2.56. The van der Waals surface area contributed by atoms with Crippen LogP contribution in [0.2, 0.25) is 0 Å². The molecule has 0 radical (unpaired) electrons. The van der Waals surface area contributed by atoms with Gasteiger partial charge in [0, 0.05) is 6.54 Å². The van der Waals surface area contributed by atoms with E-state index in [0.717, 1.165) is 32.4 Å². The Morgan fingerprint density at radius 3 is 2.70 bits per heavy atom. The van der Waals surface area contributed by atoms with Gasteiger partial charge in [-0.2, -0.15) is 0 Å². The molecule has 0 saturated carbocycles. The third-order valence-electron chi connectivity index (χ3n) is 3.92. The molecule has 1 heterocycles. The van der Waals surface area contributed by atoms with E-state index < -0.39 is 16.0 Å². The first kappa shape index (κ1) is 17.9. The Balaban J connectivity index is 1.89. The number of carbonyl (C=O) groups excluding carboxylic acids is 1. The van der Waals surface area contributed by atoms with Gasteiger partial charge in [-0.1, -0.05) is 0 Å². The number of rotatable bonds is 7. The molecule has 1 unspecified atom stereocenters. The SMILES string of the molecule is CCOC(=O)c1ccc(S(=O)(=O)NCCC2CCCNC2)cc1. The largest absolute Gasteiger partial charge is 0.462 e. The summed E-state index contributed by atoms with van der Waals surface area (Å²) < 4.78 is 32.0. The maximum absolute atomic E-state index is 12.2. The van der Waals surface area contributed by atoms with E-state index in [9.17, 15) is 13.2 Å². The Bertz CT molecular complexity index is 607. The summed E-state index contributed by atoms with van der Waals surface area (Å²) in [6, 6.07) is 5.79. The zero-order chi connectivity index (χ0) is 16.7. The molecule has 1 aliphatic rings. The van der Waals surface area contributed by atoms with Crippen molar-refractivity contribution in [2.45, 2.75) is 31.1 Å². The minimum Gasteiger partial charge on any atom is -0.462 e. The minimum absolute atomic E-state index is 0.160. The first-order valence-corrected chi connectivity index (χ1v) is 9.49. The molecular weight excluding hydrogens is 316 g/mol. The number of ether oxygens (including phenoxy) is 1. The molecular formula is C16H24N2O4S. The van der Waals surface area contributed by atoms with Gasteiger partial charge in [-0.05, 0) is 69.5 Å². The summed E-state index contributed by atoms with van der Waals surface area (Å²) >= 11 is 0. The van der Waals surface area contributed by atoms with E-state index in [2.05, 4.69) is 10.0 Å². The molecule has 0 aromatic heterocycles. The number of hydrogen-bond acceptors (Lipinski definition) is 5. The van der Waals surface area contributed by atoms with Crippen LogP contribution in [0.4, 0.5) is 0 Å². The normalized spacial score (nSPS) is 18.6. The van der Waals surface area contributed by atoms with Crippen molar-refractivity contribution in [1.29, 1.82) is 0 Å². The second-order valence-corrected chi connectivity index (χ2v) is 7.41. The molecule has 0 bridgehead atoms. The molecule has 7 heteroatoms. The molecule has 1 atom stereocenters. The van der Waals surface area contributed by atoms with Crippen LogP contribution >= 0.6 is 0 Å². The lowest BCUT2D eigenvalue weighted by Crippen LogP contribution is -2.33. The fraction of sp³-hybridized carbons (Fsp3) is 0.562. The maximum atomic E-state index is 12.2. The second kappa shape index (κ2) is 8.42. The van der Waals surface area contributed by atoms with Crippen molar-refractivity contribution in [3.05, 3.63) is 29.8 Å². The molecule has 1 aromatic rings. The predicted molar refractivity (Wildman–Crippen MR) is 87.8 cm³/mol. The molecule has 0 spiro atoms. The van der Waals surface area contributed by atoms with E-state index in [4.69, 9.17) is 4.74 Å². The van der Waals surface area contributed by atoms with Crippen molar-refractivity contribution in [2.24, 2.45) is 5.92 Å². The van der Waals surface area contributed by atoms with Gasteiger partial charge in [0.1, 0.15) is 0 Å². The third-order valence-corrected chi connectivity index (χ3v) is 5.40. The van der Waals surface area contributed by atoms with Crippen LogP contribution in [0, 0.1) is 5.92 Å². The summed E-state index contributed by atoms with van der Waals surface area (Å²) in [5, 5.41) is 3.32. The lowest BCUT2D eigenvalue weighted by Gasteiger charge is -2.22. The van der Waals surface area contributed by atoms with Gasteiger partial charge in [-0.25, -0.2) is 17.9 Å². The Morgan fingerprint density at radius 1 is 1.35 bits per heavy atom. The molecule has 1 saturated heterocycles. The molecule has 0 amide bonds. The van der Waals surface area contributed by atoms with Crippen molar-refractivity contribution >= 4 is 16.0 Å². The van der Waals surface area contributed by atoms with Gasteiger partial charge < -0.3 is 10.1 Å². The highest BCUT2D eigenvalue weighted by atomic mass is 32.2. The number of sulfonamides is 1. The number of piperidine rings is 1. The van der Waals surface area contributed by atoms with Gasteiger partial charge in [0.2, 0.25) is 10.0 Å². The number of hydrogen-bond donors (Lipinski definition) is 2. The van der Waals surface area contributed by atoms with Crippen LogP contribution in [0.15, 0.2) is 29.2 Å². The van der Waals surface area contributed by atoms with E-state index in [1.54, 1.807) is 6.92 Å². The molecule has 0 aliphatic carbocycles. The van der Waals surface area contributed by atoms with E-state index in [1.807, 2.05) is 0 Å². The summed E-state index contributed by atoms with van der Waals surface area (Å²) in [5.41, 5.74) is 0.346. The van der Waals surface area contributed by atoms with E-state index in [-0.39, 0.29) is 11.5 Å². The Labute approximate surface area is 137 Å². The Morgan fingerprint density at radius 2 is 2.09 bits per heavy atom. The van der Waals surface area contributed by atoms with Crippen LogP contribution in [0.25, 0.3) is 0 Å². The number of benzene rings is 1. The molecule has 23 heavy (non-hydrogen) atoms. The highest BCUT2D eigenvalue weighted by Crippen LogP contribution is 2.15. The van der Waals surface area contributed by atoms with Crippen molar-refractivity contribution < 1.29 is 17.9 Å². The van der Waals surface area contributed by atoms with E-state index in [0.29, 0.717) is 18.0 Å². The fourth-order valence-corrected chi connectivity index (χ4v) is 3.68. The van der Waals surface area contributed by atoms with Crippen LogP contribution in [0.1, 0.15) is 36.5 Å². The van der Waals surface area contributed by atoms with Crippen molar-refractivity contribution in [1.82, 2.24) is 10.0 Å². The van der Waals surface area contributed by atoms with Gasteiger partial charge in [0.25, 0.3) is 0 Å². The number of nitrogens with one attached hydrogen (secondary N) is 2. The smallest absolute Gasteiger partial charge is 0.338 e. The van der Waals surface area contributed by atoms with Crippen LogP contribution in [-0.2, 0) is 14.8 Å². The highest BCUT2D eigenvalue weighted by molar-refractivity contribution is 7.89. The lowest BCUT2D eigenvalue weighted by molar-refractivity contribution is 0.0526. The molecule has 2 rings (SSSR count). The maximum Gasteiger partial charge on any atom is 0.338 e. The quantitative estimate of drug-likeness (QED) is 0.736. The van der Waals surface area contributed by atoms with Gasteiger partial charge >= 0.3 is 5.97 Å². The first-order valence-electron chi connectivity index (χ1n) is 8.00. The van der Waals surface area contributed by atoms with Gasteiger partial charge in [-0.15, -0.1) is 0 Å². The molecule has 1 aromatic carbocycles. The lowest BCUT2D eigenvalue weighted by atomic mass is 9.96. The monoisotopic (exact) mass is 340 g/mol. The standard InChI is InChI=1S/C16H24N2O4S/c1-2-22-16(19)14-5-7-15(8-6-14)23(20,21)18-11-9-13-4-3-10-17-12-13/h5-8,13,17-18H,2-4,9-12H2,1H3. The molecule has 6 nitrogen and oxygen atoms in total. The number of carbonyl (C=O) groups is 1. The van der Waals surface area contributed by atoms with Crippen LogP contribution in [-0.4, -0.2) is 40.6 Å². The summed E-state index contributed by atoms with van der Waals surface area (Å²) in [4.78, 5) is 11.7. The van der Waals surface area contributed by atoms with Crippen LogP contribution < -0.4 is 10.0 Å². The Hall–Kier alpha value is -1.44. The van der Waals surface area contributed by atoms with E-state index >= 15 is 0 Å². The van der Waals surface area contributed by atoms with Crippen molar-refractivity contribution in [3.8, 4) is 0 Å². The topological polar surface area (TPSA) is 84.5 Å². The van der Waals surface area contributed by atoms with E-state index in [1.165, 1.54) is 24.3 Å². The summed E-state index contributed by atoms with van der Waals surface area (Å²) in [6.07, 6.45) is 3.11. The zero-order valence-electron chi connectivity index (χ0n) is 13.4. The van der Waals surface area contributed by atoms with Crippen molar-refractivity contribution in [2.75, 3.05) is 26.2 Å². The predicted octanol–water partition coefficient (Wildman–Crippen LogP) is 1.53. The second-order valence-electron chi connectivity index (χ2n) is 5.64. The molecule has 2 N–H and O–H groups in total. The zero-order valence-corrected chi connectivity index (χ0v) is 14.2. The van der Waals surface area contributed by atoms with Gasteiger partial charge in [0.15, 0.2) is 0 Å². The summed E-state index contributed by atoms with van der Waals surface area (Å²) in [5.74, 6) is 0.0758. The van der Waals surface area contributed by atoms with Gasteiger partial charge in [-0.3, -0.25) is 0 Å². The molecule has 128 valence electrons. The van der Waals surface area contributed by atoms with Crippen molar-refractivity contribution in [3.63, 3.8) is 0 Å². The minimum atomic E-state index is -3.54. The average molecular weight is 340 g/mol. The van der Waals surface area contributed by atoms with Crippen LogP contribution in [0.3, 0.4) is 0 Å². The fourth-order valence-electron chi connectivity index (χ4n) is 2.64. The van der Waals surface area contributed by atoms with Crippen LogP contribution in [0.5, 0.6) is 0 Å². The highest BCUT2D eigenvalue weighted by Gasteiger charge is 2.17. The number of esters is 1. The van der Waals surface area contributed by atoms with Gasteiger partial charge in [0.05, 0.1) is 17.1 Å². The molecule has 1 fully saturated rings. The summed E-state index contributed by atoms with van der Waals surface area (Å²) in [6.45, 7) is 4.44. The molecule has 1 aliphatic heterocycles.